The van der Waals surface area contributed by atoms with Crippen molar-refractivity contribution in [3.8, 4) is 0 Å². The SMILES string of the molecule is CCCNc1nc2c(Cl)cc(Cl)c(Cl)c2cc1CCC. The van der Waals surface area contributed by atoms with Gasteiger partial charge < -0.3 is 5.32 Å². The van der Waals surface area contributed by atoms with Crippen molar-refractivity contribution in [2.24, 2.45) is 0 Å². The molecule has 0 unspecified atom stereocenters. The largest absolute Gasteiger partial charge is 0.370 e. The van der Waals surface area contributed by atoms with Gasteiger partial charge in [-0.15, -0.1) is 0 Å². The zero-order valence-corrected chi connectivity index (χ0v) is 13.8. The molecule has 0 spiro atoms. The molecule has 2 nitrogen and oxygen atoms in total. The number of hydrogen-bond acceptors (Lipinski definition) is 2. The monoisotopic (exact) mass is 330 g/mol. The van der Waals surface area contributed by atoms with E-state index in [1.807, 2.05) is 6.07 Å². The Hall–Kier alpha value is -0.700. The number of fused-ring (bicyclic) bond motifs is 1. The second kappa shape index (κ2) is 6.84. The lowest BCUT2D eigenvalue weighted by molar-refractivity contribution is 0.906. The van der Waals surface area contributed by atoms with E-state index >= 15 is 0 Å². The second-order valence-corrected chi connectivity index (χ2v) is 5.92. The highest BCUT2D eigenvalue weighted by Crippen LogP contribution is 2.37. The van der Waals surface area contributed by atoms with E-state index in [-0.39, 0.29) is 0 Å². The molecule has 0 bridgehead atoms. The number of anilines is 1. The minimum Gasteiger partial charge on any atom is -0.370 e. The molecule has 20 heavy (non-hydrogen) atoms. The van der Waals surface area contributed by atoms with Crippen LogP contribution in [-0.4, -0.2) is 11.5 Å². The van der Waals surface area contributed by atoms with Crippen molar-refractivity contribution in [2.45, 2.75) is 33.1 Å². The Morgan fingerprint density at radius 1 is 1.05 bits per heavy atom. The van der Waals surface area contributed by atoms with Gasteiger partial charge >= 0.3 is 0 Å². The first-order valence-corrected chi connectivity index (χ1v) is 7.92. The number of halogens is 3. The van der Waals surface area contributed by atoms with Crippen LogP contribution < -0.4 is 5.32 Å². The van der Waals surface area contributed by atoms with Gasteiger partial charge in [0, 0.05) is 11.9 Å². The summed E-state index contributed by atoms with van der Waals surface area (Å²) in [6, 6.07) is 3.69. The molecule has 2 rings (SSSR count). The van der Waals surface area contributed by atoms with Crippen LogP contribution in [-0.2, 0) is 6.42 Å². The number of nitrogens with zero attached hydrogens (tertiary/aromatic N) is 1. The molecule has 1 N–H and O–H groups in total. The summed E-state index contributed by atoms with van der Waals surface area (Å²) < 4.78 is 0. The van der Waals surface area contributed by atoms with Gasteiger partial charge in [0.15, 0.2) is 0 Å². The van der Waals surface area contributed by atoms with Crippen molar-refractivity contribution in [1.82, 2.24) is 4.98 Å². The standard InChI is InChI=1S/C15H17Cl3N2/c1-3-5-9-7-10-13(18)11(16)8-12(17)14(10)20-15(9)19-6-4-2/h7-8H,3-6H2,1-2H3,(H,19,20). The van der Waals surface area contributed by atoms with E-state index in [0.717, 1.165) is 42.6 Å². The molecular formula is C15H17Cl3N2. The Morgan fingerprint density at radius 3 is 2.45 bits per heavy atom. The maximum absolute atomic E-state index is 6.28. The first kappa shape index (κ1) is 15.7. The zero-order chi connectivity index (χ0) is 14.7. The average Bonchev–Trinajstić information content (AvgIpc) is 2.43. The number of benzene rings is 1. The van der Waals surface area contributed by atoms with Crippen molar-refractivity contribution >= 4 is 51.5 Å². The number of aryl methyl sites for hydroxylation is 1. The van der Waals surface area contributed by atoms with Crippen LogP contribution in [0.25, 0.3) is 10.9 Å². The van der Waals surface area contributed by atoms with Gasteiger partial charge in [0.1, 0.15) is 5.82 Å². The molecule has 0 radical (unpaired) electrons. The third-order valence-corrected chi connectivity index (χ3v) is 4.18. The first-order valence-electron chi connectivity index (χ1n) is 6.79. The fourth-order valence-corrected chi connectivity index (χ4v) is 2.85. The third-order valence-electron chi connectivity index (χ3n) is 3.09. The Morgan fingerprint density at radius 2 is 1.80 bits per heavy atom. The summed E-state index contributed by atoms with van der Waals surface area (Å²) >= 11 is 18.6. The highest BCUT2D eigenvalue weighted by Gasteiger charge is 2.13. The second-order valence-electron chi connectivity index (χ2n) is 4.72. The molecule has 5 heteroatoms. The smallest absolute Gasteiger partial charge is 0.129 e. The summed E-state index contributed by atoms with van der Waals surface area (Å²) in [7, 11) is 0. The van der Waals surface area contributed by atoms with Crippen molar-refractivity contribution < 1.29 is 0 Å². The van der Waals surface area contributed by atoms with Crippen LogP contribution in [0.4, 0.5) is 5.82 Å². The molecule has 0 amide bonds. The van der Waals surface area contributed by atoms with Crippen LogP contribution in [0.3, 0.4) is 0 Å². The van der Waals surface area contributed by atoms with Gasteiger partial charge in [-0.1, -0.05) is 55.1 Å². The molecule has 0 aliphatic carbocycles. The third kappa shape index (κ3) is 3.13. The van der Waals surface area contributed by atoms with E-state index < -0.39 is 0 Å². The van der Waals surface area contributed by atoms with Crippen molar-refractivity contribution in [3.05, 3.63) is 32.8 Å². The van der Waals surface area contributed by atoms with Gasteiger partial charge in [0.2, 0.25) is 0 Å². The molecule has 2 aromatic rings. The normalized spacial score (nSPS) is 11.1. The number of hydrogen-bond donors (Lipinski definition) is 1. The summed E-state index contributed by atoms with van der Waals surface area (Å²) in [5.41, 5.74) is 1.84. The summed E-state index contributed by atoms with van der Waals surface area (Å²) in [5.74, 6) is 0.890. The molecule has 0 aliphatic heterocycles. The van der Waals surface area contributed by atoms with Crippen LogP contribution in [0.5, 0.6) is 0 Å². The van der Waals surface area contributed by atoms with Crippen LogP contribution in [0.1, 0.15) is 32.3 Å². The van der Waals surface area contributed by atoms with Gasteiger partial charge in [0.25, 0.3) is 0 Å². The maximum Gasteiger partial charge on any atom is 0.129 e. The molecule has 1 heterocycles. The molecule has 1 aromatic heterocycles. The molecule has 0 saturated carbocycles. The van der Waals surface area contributed by atoms with Crippen molar-refractivity contribution in [1.29, 1.82) is 0 Å². The molecule has 0 aliphatic rings. The average molecular weight is 332 g/mol. The van der Waals surface area contributed by atoms with E-state index in [4.69, 9.17) is 34.8 Å². The Kier molecular flexibility index (Phi) is 5.36. The maximum atomic E-state index is 6.28. The minimum atomic E-state index is 0.461. The highest BCUT2D eigenvalue weighted by molar-refractivity contribution is 6.47. The minimum absolute atomic E-state index is 0.461. The lowest BCUT2D eigenvalue weighted by Gasteiger charge is -2.13. The number of nitrogens with one attached hydrogen (secondary N) is 1. The predicted molar refractivity (Wildman–Crippen MR) is 89.5 cm³/mol. The molecule has 0 fully saturated rings. The van der Waals surface area contributed by atoms with E-state index in [2.05, 4.69) is 24.1 Å². The Labute approximate surface area is 134 Å². The fraction of sp³-hybridized carbons (Fsp3) is 0.400. The predicted octanol–water partition coefficient (Wildman–Crippen LogP) is 5.97. The van der Waals surface area contributed by atoms with Crippen LogP contribution >= 0.6 is 34.8 Å². The topological polar surface area (TPSA) is 24.9 Å². The Balaban J connectivity index is 2.64. The van der Waals surface area contributed by atoms with E-state index in [9.17, 15) is 0 Å². The highest BCUT2D eigenvalue weighted by atomic mass is 35.5. The fourth-order valence-electron chi connectivity index (χ4n) is 2.13. The van der Waals surface area contributed by atoms with Gasteiger partial charge in [-0.3, -0.25) is 0 Å². The van der Waals surface area contributed by atoms with Crippen LogP contribution in [0.2, 0.25) is 15.1 Å². The van der Waals surface area contributed by atoms with Gasteiger partial charge in [0.05, 0.1) is 20.6 Å². The zero-order valence-electron chi connectivity index (χ0n) is 11.6. The van der Waals surface area contributed by atoms with Crippen LogP contribution in [0.15, 0.2) is 12.1 Å². The summed E-state index contributed by atoms with van der Waals surface area (Å²) in [6.07, 6.45) is 3.02. The number of aromatic nitrogens is 1. The Bertz CT molecular complexity index is 626. The van der Waals surface area contributed by atoms with Gasteiger partial charge in [-0.25, -0.2) is 4.98 Å². The number of pyridine rings is 1. The van der Waals surface area contributed by atoms with Gasteiger partial charge in [-0.2, -0.15) is 0 Å². The van der Waals surface area contributed by atoms with Crippen molar-refractivity contribution in [3.63, 3.8) is 0 Å². The summed E-state index contributed by atoms with van der Waals surface area (Å²) in [5, 5.41) is 5.67. The molecule has 0 atom stereocenters. The van der Waals surface area contributed by atoms with Gasteiger partial charge in [-0.05, 0) is 30.5 Å². The molecule has 0 saturated heterocycles. The summed E-state index contributed by atoms with van der Waals surface area (Å²) in [4.78, 5) is 4.65. The van der Waals surface area contributed by atoms with E-state index in [0.29, 0.717) is 20.6 Å². The molecular weight excluding hydrogens is 315 g/mol. The first-order chi connectivity index (χ1) is 9.58. The quantitative estimate of drug-likeness (QED) is 0.683. The lowest BCUT2D eigenvalue weighted by Crippen LogP contribution is -2.06. The molecule has 108 valence electrons. The van der Waals surface area contributed by atoms with E-state index in [1.54, 1.807) is 6.07 Å². The molecule has 1 aromatic carbocycles. The number of rotatable bonds is 5. The lowest BCUT2D eigenvalue weighted by atomic mass is 10.1. The van der Waals surface area contributed by atoms with Crippen molar-refractivity contribution in [2.75, 3.05) is 11.9 Å². The van der Waals surface area contributed by atoms with E-state index in [1.165, 1.54) is 0 Å². The van der Waals surface area contributed by atoms with Crippen LogP contribution in [0, 0.1) is 0 Å². The summed E-state index contributed by atoms with van der Waals surface area (Å²) in [6.45, 7) is 5.14.